The molecule has 0 heterocycles. The Balaban J connectivity index is 4.32. The lowest BCUT2D eigenvalue weighted by molar-refractivity contribution is -0.195. The molecule has 0 bridgehead atoms. The van der Waals surface area contributed by atoms with Gasteiger partial charge in [0.2, 0.25) is 0 Å². The summed E-state index contributed by atoms with van der Waals surface area (Å²) in [6.45, 7) is 13.7. The van der Waals surface area contributed by atoms with Gasteiger partial charge in [0.05, 0.1) is 6.61 Å². The summed E-state index contributed by atoms with van der Waals surface area (Å²) in [7, 11) is 0. The minimum absolute atomic E-state index is 0.118. The average molecular weight is 285 g/mol. The molecule has 0 aliphatic heterocycles. The van der Waals surface area contributed by atoms with Gasteiger partial charge in [-0.15, -0.1) is 0 Å². The number of hydrogen-bond donors (Lipinski definition) is 0. The minimum atomic E-state index is -0.862. The van der Waals surface area contributed by atoms with E-state index in [1.807, 2.05) is 0 Å². The zero-order valence-corrected chi connectivity index (χ0v) is 14.7. The van der Waals surface area contributed by atoms with Gasteiger partial charge >= 0.3 is 0 Å². The second-order valence-corrected chi connectivity index (χ2v) is 6.76. The third-order valence-electron chi connectivity index (χ3n) is 4.94. The van der Waals surface area contributed by atoms with Crippen molar-refractivity contribution in [1.82, 2.24) is 0 Å². The lowest BCUT2D eigenvalue weighted by atomic mass is 9.83. The fraction of sp³-hybridized carbons (Fsp3) is 1.00. The van der Waals surface area contributed by atoms with Crippen molar-refractivity contribution in [3.8, 4) is 0 Å². The topological polar surface area (TPSA) is 29.1 Å². The van der Waals surface area contributed by atoms with E-state index in [0.29, 0.717) is 12.5 Å². The molecular formula is C18H37O2. The lowest BCUT2D eigenvalue weighted by Crippen LogP contribution is -2.32. The van der Waals surface area contributed by atoms with E-state index in [9.17, 15) is 5.11 Å². The molecule has 0 spiro atoms. The fourth-order valence-electron chi connectivity index (χ4n) is 2.82. The second-order valence-electron chi connectivity index (χ2n) is 6.76. The molecule has 0 aromatic carbocycles. The summed E-state index contributed by atoms with van der Waals surface area (Å²) < 4.78 is 5.73. The quantitative estimate of drug-likeness (QED) is 0.415. The Kier molecular flexibility index (Phi) is 10.6. The van der Waals surface area contributed by atoms with Crippen LogP contribution in [0.1, 0.15) is 86.5 Å². The molecule has 0 aliphatic rings. The third kappa shape index (κ3) is 7.08. The van der Waals surface area contributed by atoms with Crippen molar-refractivity contribution >= 4 is 0 Å². The van der Waals surface area contributed by atoms with Crippen LogP contribution < -0.4 is 0 Å². The van der Waals surface area contributed by atoms with Crippen LogP contribution in [0.5, 0.6) is 0 Å². The number of unbranched alkanes of at least 4 members (excludes halogenated alkanes) is 1. The molecule has 0 aromatic rings. The van der Waals surface area contributed by atoms with Gasteiger partial charge in [-0.1, -0.05) is 73.6 Å². The summed E-state index contributed by atoms with van der Waals surface area (Å²) in [5, 5.41) is 12.3. The van der Waals surface area contributed by atoms with Gasteiger partial charge in [-0.3, -0.25) is 0 Å². The SMILES string of the molecule is CCCCC(C)(CC)COC([O])C(C)C(CC)CCC. The van der Waals surface area contributed by atoms with Crippen molar-refractivity contribution < 1.29 is 9.84 Å². The number of hydrogen-bond acceptors (Lipinski definition) is 1. The number of rotatable bonds is 12. The van der Waals surface area contributed by atoms with Crippen LogP contribution in [-0.4, -0.2) is 12.9 Å². The summed E-state index contributed by atoms with van der Waals surface area (Å²) >= 11 is 0. The zero-order valence-electron chi connectivity index (χ0n) is 14.7. The summed E-state index contributed by atoms with van der Waals surface area (Å²) in [4.78, 5) is 0. The summed E-state index contributed by atoms with van der Waals surface area (Å²) in [5.41, 5.74) is 0.171. The highest BCUT2D eigenvalue weighted by Crippen LogP contribution is 2.31. The maximum absolute atomic E-state index is 12.3. The van der Waals surface area contributed by atoms with Crippen LogP contribution in [0.4, 0.5) is 0 Å². The summed E-state index contributed by atoms with van der Waals surface area (Å²) in [6.07, 6.45) is 7.19. The predicted molar refractivity (Wildman–Crippen MR) is 86.2 cm³/mol. The van der Waals surface area contributed by atoms with Crippen LogP contribution in [0.3, 0.4) is 0 Å². The summed E-state index contributed by atoms with van der Waals surface area (Å²) in [5.74, 6) is 0.623. The van der Waals surface area contributed by atoms with Gasteiger partial charge in [0.1, 0.15) is 0 Å². The molecule has 20 heavy (non-hydrogen) atoms. The molecule has 0 rings (SSSR count). The smallest absolute Gasteiger partial charge is 0.194 e. The molecule has 0 saturated carbocycles. The van der Waals surface area contributed by atoms with Crippen molar-refractivity contribution in [3.05, 3.63) is 0 Å². The Bertz CT molecular complexity index is 229. The zero-order chi connectivity index (χ0) is 15.6. The van der Waals surface area contributed by atoms with Gasteiger partial charge in [0.25, 0.3) is 0 Å². The molecule has 2 heteroatoms. The van der Waals surface area contributed by atoms with Gasteiger partial charge in [0, 0.05) is 5.92 Å². The maximum Gasteiger partial charge on any atom is 0.194 e. The van der Waals surface area contributed by atoms with Gasteiger partial charge < -0.3 is 4.74 Å². The van der Waals surface area contributed by atoms with Crippen LogP contribution in [0.2, 0.25) is 0 Å². The minimum Gasteiger partial charge on any atom is -0.349 e. The van der Waals surface area contributed by atoms with Gasteiger partial charge in [-0.2, -0.15) is 0 Å². The highest BCUT2D eigenvalue weighted by atomic mass is 16.6. The van der Waals surface area contributed by atoms with E-state index in [1.54, 1.807) is 0 Å². The molecule has 4 unspecified atom stereocenters. The van der Waals surface area contributed by atoms with Crippen LogP contribution in [-0.2, 0) is 9.84 Å². The molecular weight excluding hydrogens is 248 g/mol. The van der Waals surface area contributed by atoms with Crippen molar-refractivity contribution in [1.29, 1.82) is 0 Å². The van der Waals surface area contributed by atoms with E-state index in [1.165, 1.54) is 12.8 Å². The molecule has 2 nitrogen and oxygen atoms in total. The summed E-state index contributed by atoms with van der Waals surface area (Å²) in [6, 6.07) is 0. The second kappa shape index (κ2) is 10.6. The Morgan fingerprint density at radius 1 is 1.10 bits per heavy atom. The molecule has 0 aromatic heterocycles. The van der Waals surface area contributed by atoms with Crippen LogP contribution >= 0.6 is 0 Å². The molecule has 121 valence electrons. The van der Waals surface area contributed by atoms with E-state index in [2.05, 4.69) is 41.5 Å². The molecule has 0 aliphatic carbocycles. The van der Waals surface area contributed by atoms with Crippen LogP contribution in [0, 0.1) is 17.3 Å². The van der Waals surface area contributed by atoms with Crippen molar-refractivity contribution in [3.63, 3.8) is 0 Å². The Morgan fingerprint density at radius 2 is 1.75 bits per heavy atom. The standard InChI is InChI=1S/C18H37O2/c1-7-11-13-18(6,10-4)14-20-17(19)15(5)16(9-3)12-8-2/h15-17H,7-14H2,1-6H3. The first-order valence-electron chi connectivity index (χ1n) is 8.71. The predicted octanol–water partition coefficient (Wildman–Crippen LogP) is 5.83. The van der Waals surface area contributed by atoms with Crippen molar-refractivity contribution in [2.75, 3.05) is 6.61 Å². The number of ether oxygens (including phenoxy) is 1. The maximum atomic E-state index is 12.3. The first kappa shape index (κ1) is 19.9. The Labute approximate surface area is 127 Å². The van der Waals surface area contributed by atoms with E-state index in [4.69, 9.17) is 4.74 Å². The lowest BCUT2D eigenvalue weighted by Gasteiger charge is -2.31. The van der Waals surface area contributed by atoms with Crippen molar-refractivity contribution in [2.45, 2.75) is 92.8 Å². The van der Waals surface area contributed by atoms with Crippen LogP contribution in [0.25, 0.3) is 0 Å². The van der Waals surface area contributed by atoms with Gasteiger partial charge in [0.15, 0.2) is 6.29 Å². The first-order chi connectivity index (χ1) is 9.44. The van der Waals surface area contributed by atoms with Crippen LogP contribution in [0.15, 0.2) is 0 Å². The Hall–Kier alpha value is -0.0800. The highest BCUT2D eigenvalue weighted by molar-refractivity contribution is 4.74. The van der Waals surface area contributed by atoms with Gasteiger partial charge in [-0.25, -0.2) is 5.11 Å². The fourth-order valence-corrected chi connectivity index (χ4v) is 2.82. The first-order valence-corrected chi connectivity index (χ1v) is 8.71. The molecule has 4 atom stereocenters. The molecule has 0 saturated heterocycles. The van der Waals surface area contributed by atoms with E-state index < -0.39 is 6.29 Å². The molecule has 0 fully saturated rings. The van der Waals surface area contributed by atoms with E-state index in [-0.39, 0.29) is 11.3 Å². The van der Waals surface area contributed by atoms with E-state index >= 15 is 0 Å². The van der Waals surface area contributed by atoms with Crippen molar-refractivity contribution in [2.24, 2.45) is 17.3 Å². The van der Waals surface area contributed by atoms with E-state index in [0.717, 1.165) is 32.1 Å². The molecule has 0 amide bonds. The Morgan fingerprint density at radius 3 is 2.20 bits per heavy atom. The molecule has 0 N–H and O–H groups in total. The monoisotopic (exact) mass is 285 g/mol. The molecule has 1 radical (unpaired) electrons. The third-order valence-corrected chi connectivity index (χ3v) is 4.94. The largest absolute Gasteiger partial charge is 0.349 e. The normalized spacial score (nSPS) is 19.4. The van der Waals surface area contributed by atoms with Gasteiger partial charge in [-0.05, 0) is 24.2 Å². The highest BCUT2D eigenvalue weighted by Gasteiger charge is 2.28. The average Bonchev–Trinajstić information content (AvgIpc) is 2.47.